The molecule has 1 aromatic carbocycles. The average molecular weight is 390 g/mol. The van der Waals surface area contributed by atoms with E-state index in [1.165, 1.54) is 6.42 Å². The molecule has 1 aliphatic carbocycles. The maximum absolute atomic E-state index is 10.6. The highest BCUT2D eigenvalue weighted by atomic mass is 16.5. The molecular formula is C23H26N4O2. The summed E-state index contributed by atoms with van der Waals surface area (Å²) in [5.74, 6) is 7.66. The minimum Gasteiger partial charge on any atom is -0.383 e. The van der Waals surface area contributed by atoms with Crippen molar-refractivity contribution in [2.45, 2.75) is 37.7 Å². The van der Waals surface area contributed by atoms with Crippen molar-refractivity contribution in [3.05, 3.63) is 48.3 Å². The Labute approximate surface area is 170 Å². The van der Waals surface area contributed by atoms with Crippen molar-refractivity contribution in [2.75, 3.05) is 25.6 Å². The van der Waals surface area contributed by atoms with Crippen LogP contribution in [0, 0.1) is 11.8 Å². The number of ether oxygens (including phenoxy) is 1. The molecule has 4 rings (SSSR count). The van der Waals surface area contributed by atoms with Gasteiger partial charge in [-0.05, 0) is 49.9 Å². The molecular weight excluding hydrogens is 364 g/mol. The lowest BCUT2D eigenvalue weighted by Crippen LogP contribution is -2.29. The van der Waals surface area contributed by atoms with E-state index >= 15 is 0 Å². The second-order valence-corrected chi connectivity index (χ2v) is 7.46. The molecule has 1 saturated carbocycles. The predicted octanol–water partition coefficient (Wildman–Crippen LogP) is 3.53. The summed E-state index contributed by atoms with van der Waals surface area (Å²) in [5, 5.41) is 14.9. The Morgan fingerprint density at radius 3 is 2.90 bits per heavy atom. The third kappa shape index (κ3) is 4.58. The topological polar surface area (TPSA) is 72.2 Å². The number of anilines is 1. The Balaban J connectivity index is 1.62. The first kappa shape index (κ1) is 19.4. The molecule has 29 heavy (non-hydrogen) atoms. The molecule has 0 spiro atoms. The summed E-state index contributed by atoms with van der Waals surface area (Å²) in [6, 6.07) is 10.0. The number of nitrogens with one attached hydrogen (secondary N) is 1. The van der Waals surface area contributed by atoms with Crippen LogP contribution in [0.15, 0.2) is 42.7 Å². The first-order chi connectivity index (χ1) is 14.2. The molecule has 0 radical (unpaired) electrons. The van der Waals surface area contributed by atoms with Gasteiger partial charge in [0, 0.05) is 37.0 Å². The zero-order valence-electron chi connectivity index (χ0n) is 16.7. The molecule has 6 heteroatoms. The van der Waals surface area contributed by atoms with Crippen LogP contribution in [0.2, 0.25) is 0 Å². The minimum absolute atomic E-state index is 0.567. The van der Waals surface area contributed by atoms with Gasteiger partial charge in [-0.25, -0.2) is 4.98 Å². The van der Waals surface area contributed by atoms with Gasteiger partial charge < -0.3 is 19.7 Å². The molecule has 0 aliphatic heterocycles. The zero-order chi connectivity index (χ0) is 20.1. The molecule has 1 aliphatic rings. The van der Waals surface area contributed by atoms with Crippen LogP contribution in [0.1, 0.15) is 37.7 Å². The first-order valence-electron chi connectivity index (χ1n) is 10.1. The fraction of sp³-hybridized carbons (Fsp3) is 0.391. The minimum atomic E-state index is -0.843. The Kier molecular flexibility index (Phi) is 5.79. The molecule has 1 fully saturated rings. The first-order valence-corrected chi connectivity index (χ1v) is 10.1. The highest BCUT2D eigenvalue weighted by molar-refractivity contribution is 5.83. The van der Waals surface area contributed by atoms with Crippen molar-refractivity contribution in [1.82, 2.24) is 14.5 Å². The summed E-state index contributed by atoms with van der Waals surface area (Å²) in [5.41, 5.74) is 1.07. The van der Waals surface area contributed by atoms with E-state index in [0.29, 0.717) is 19.1 Å². The normalized spacial score (nSPS) is 15.7. The largest absolute Gasteiger partial charge is 0.383 e. The van der Waals surface area contributed by atoms with Crippen LogP contribution in [0.4, 0.5) is 5.95 Å². The van der Waals surface area contributed by atoms with Gasteiger partial charge in [0.05, 0.1) is 12.1 Å². The lowest BCUT2D eigenvalue weighted by molar-refractivity contribution is 0.0610. The number of methoxy groups -OCH3 is 1. The molecule has 0 atom stereocenters. The highest BCUT2D eigenvalue weighted by Crippen LogP contribution is 2.27. The van der Waals surface area contributed by atoms with Crippen molar-refractivity contribution in [3.8, 4) is 17.7 Å². The van der Waals surface area contributed by atoms with E-state index in [1.807, 2.05) is 22.9 Å². The number of hydrogen-bond acceptors (Lipinski definition) is 5. The lowest BCUT2D eigenvalue weighted by Gasteiger charge is -2.26. The Bertz CT molecular complexity index is 1040. The summed E-state index contributed by atoms with van der Waals surface area (Å²) in [6.07, 6.45) is 8.54. The third-order valence-corrected chi connectivity index (χ3v) is 5.29. The van der Waals surface area contributed by atoms with Crippen molar-refractivity contribution < 1.29 is 9.84 Å². The number of fused-ring (bicyclic) bond motifs is 1. The molecule has 2 N–H and O–H groups in total. The van der Waals surface area contributed by atoms with Gasteiger partial charge in [-0.1, -0.05) is 24.3 Å². The molecule has 2 heterocycles. The molecule has 2 aromatic heterocycles. The highest BCUT2D eigenvalue weighted by Gasteiger charge is 2.26. The SMILES string of the molecule is COCCNc1nccc(-n2ccc3ccc(C#CC4(O)CCCCC4)cc32)n1. The second-order valence-electron chi connectivity index (χ2n) is 7.46. The van der Waals surface area contributed by atoms with E-state index in [0.717, 1.165) is 48.0 Å². The lowest BCUT2D eigenvalue weighted by atomic mass is 9.85. The molecule has 6 nitrogen and oxygen atoms in total. The zero-order valence-corrected chi connectivity index (χ0v) is 16.7. The predicted molar refractivity (Wildman–Crippen MR) is 114 cm³/mol. The fourth-order valence-corrected chi connectivity index (χ4v) is 3.69. The quantitative estimate of drug-likeness (QED) is 0.515. The van der Waals surface area contributed by atoms with Gasteiger partial charge in [0.15, 0.2) is 0 Å². The van der Waals surface area contributed by atoms with Crippen LogP contribution >= 0.6 is 0 Å². The van der Waals surface area contributed by atoms with Gasteiger partial charge in [0.1, 0.15) is 11.4 Å². The summed E-state index contributed by atoms with van der Waals surface area (Å²) < 4.78 is 7.08. The molecule has 0 saturated heterocycles. The third-order valence-electron chi connectivity index (χ3n) is 5.29. The monoisotopic (exact) mass is 390 g/mol. The van der Waals surface area contributed by atoms with Crippen LogP contribution in [-0.2, 0) is 4.74 Å². The van der Waals surface area contributed by atoms with Crippen LogP contribution in [0.25, 0.3) is 16.7 Å². The van der Waals surface area contributed by atoms with E-state index < -0.39 is 5.60 Å². The Morgan fingerprint density at radius 1 is 1.21 bits per heavy atom. The maximum atomic E-state index is 10.6. The van der Waals surface area contributed by atoms with Gasteiger partial charge in [0.25, 0.3) is 0 Å². The van der Waals surface area contributed by atoms with Crippen LogP contribution in [0.5, 0.6) is 0 Å². The van der Waals surface area contributed by atoms with E-state index in [-0.39, 0.29) is 0 Å². The number of nitrogens with zero attached hydrogens (tertiary/aromatic N) is 3. The smallest absolute Gasteiger partial charge is 0.224 e. The van der Waals surface area contributed by atoms with Crippen molar-refractivity contribution in [1.29, 1.82) is 0 Å². The number of benzene rings is 1. The molecule has 0 bridgehead atoms. The van der Waals surface area contributed by atoms with Gasteiger partial charge in [0.2, 0.25) is 5.95 Å². The standard InChI is InChI=1S/C23H26N4O2/c1-29-16-14-25-22-24-13-8-21(26-22)27-15-9-19-6-5-18(17-20(19)27)7-12-23(28)10-3-2-4-11-23/h5-6,8-9,13,15,17,28H,2-4,10-11,14,16H2,1H3,(H,24,25,26). The fourth-order valence-electron chi connectivity index (χ4n) is 3.69. The van der Waals surface area contributed by atoms with Crippen LogP contribution < -0.4 is 5.32 Å². The van der Waals surface area contributed by atoms with Crippen LogP contribution in [-0.4, -0.2) is 45.5 Å². The van der Waals surface area contributed by atoms with E-state index in [4.69, 9.17) is 4.74 Å². The Morgan fingerprint density at radius 2 is 2.07 bits per heavy atom. The number of hydrogen-bond donors (Lipinski definition) is 2. The molecule has 150 valence electrons. The van der Waals surface area contributed by atoms with Crippen LogP contribution in [0.3, 0.4) is 0 Å². The number of aliphatic hydroxyl groups is 1. The van der Waals surface area contributed by atoms with E-state index in [1.54, 1.807) is 13.3 Å². The van der Waals surface area contributed by atoms with Crippen molar-refractivity contribution >= 4 is 16.9 Å². The van der Waals surface area contributed by atoms with Crippen molar-refractivity contribution in [3.63, 3.8) is 0 Å². The van der Waals surface area contributed by atoms with E-state index in [9.17, 15) is 5.11 Å². The van der Waals surface area contributed by atoms with Crippen molar-refractivity contribution in [2.24, 2.45) is 0 Å². The molecule has 3 aromatic rings. The Hall–Kier alpha value is -2.88. The average Bonchev–Trinajstić information content (AvgIpc) is 3.17. The number of aromatic nitrogens is 3. The summed E-state index contributed by atoms with van der Waals surface area (Å²) >= 11 is 0. The summed E-state index contributed by atoms with van der Waals surface area (Å²) in [6.45, 7) is 1.24. The molecule has 0 amide bonds. The van der Waals surface area contributed by atoms with E-state index in [2.05, 4.69) is 45.3 Å². The summed E-state index contributed by atoms with van der Waals surface area (Å²) in [4.78, 5) is 8.87. The summed E-state index contributed by atoms with van der Waals surface area (Å²) in [7, 11) is 1.66. The molecule has 0 unspecified atom stereocenters. The van der Waals surface area contributed by atoms with Gasteiger partial charge in [-0.15, -0.1) is 0 Å². The number of rotatable bonds is 5. The maximum Gasteiger partial charge on any atom is 0.224 e. The second kappa shape index (κ2) is 8.64. The van der Waals surface area contributed by atoms with Gasteiger partial charge in [-0.2, -0.15) is 4.98 Å². The van der Waals surface area contributed by atoms with Gasteiger partial charge in [-0.3, -0.25) is 0 Å². The van der Waals surface area contributed by atoms with Gasteiger partial charge >= 0.3 is 0 Å².